The largest absolute Gasteiger partial charge is 0.206 e. The molecule has 0 aliphatic carbocycles. The average Bonchev–Trinajstić information content (AvgIpc) is 2.55. The van der Waals surface area contributed by atoms with Crippen LogP contribution in [0.5, 0.6) is 0 Å². The zero-order valence-corrected chi connectivity index (χ0v) is 11.7. The summed E-state index contributed by atoms with van der Waals surface area (Å²) in [6, 6.07) is 18.6. The molecule has 0 N–H and O–H groups in total. The molecule has 0 aromatic heterocycles. The Morgan fingerprint density at radius 2 is 1.76 bits per heavy atom. The van der Waals surface area contributed by atoms with Gasteiger partial charge in [-0.05, 0) is 35.1 Å². The van der Waals surface area contributed by atoms with Crippen molar-refractivity contribution in [1.82, 2.24) is 0 Å². The van der Waals surface area contributed by atoms with E-state index in [1.54, 1.807) is 30.3 Å². The fraction of sp³-hybridized carbons (Fsp3) is 0.105. The van der Waals surface area contributed by atoms with Crippen LogP contribution in [-0.2, 0) is 6.42 Å². The highest BCUT2D eigenvalue weighted by atomic mass is 19.1. The normalized spacial score (nSPS) is 10.5. The van der Waals surface area contributed by atoms with E-state index in [4.69, 9.17) is 5.26 Å². The molecule has 102 valence electrons. The quantitative estimate of drug-likeness (QED) is 0.639. The molecule has 0 amide bonds. The first-order valence-corrected chi connectivity index (χ1v) is 6.94. The highest BCUT2D eigenvalue weighted by Crippen LogP contribution is 2.29. The van der Waals surface area contributed by atoms with Gasteiger partial charge in [-0.1, -0.05) is 49.4 Å². The van der Waals surface area contributed by atoms with Gasteiger partial charge in [-0.2, -0.15) is 5.26 Å². The first-order chi connectivity index (χ1) is 10.2. The molecule has 0 saturated heterocycles. The second-order valence-corrected chi connectivity index (χ2v) is 5.03. The molecule has 0 aliphatic heterocycles. The Kier molecular flexibility index (Phi) is 3.41. The van der Waals surface area contributed by atoms with Gasteiger partial charge in [0.05, 0.1) is 11.6 Å². The number of halogens is 1. The molecule has 21 heavy (non-hydrogen) atoms. The van der Waals surface area contributed by atoms with E-state index in [1.807, 2.05) is 24.3 Å². The number of hydrogen-bond donors (Lipinski definition) is 0. The van der Waals surface area contributed by atoms with Gasteiger partial charge in [-0.3, -0.25) is 0 Å². The van der Waals surface area contributed by atoms with Gasteiger partial charge in [-0.15, -0.1) is 0 Å². The Bertz CT molecular complexity index is 842. The monoisotopic (exact) mass is 275 g/mol. The summed E-state index contributed by atoms with van der Waals surface area (Å²) < 4.78 is 14.7. The second kappa shape index (κ2) is 5.38. The van der Waals surface area contributed by atoms with Gasteiger partial charge in [0.15, 0.2) is 0 Å². The van der Waals surface area contributed by atoms with Gasteiger partial charge in [0.25, 0.3) is 0 Å². The third-order valence-corrected chi connectivity index (χ3v) is 3.75. The molecule has 3 aromatic carbocycles. The Morgan fingerprint density at radius 1 is 1.00 bits per heavy atom. The highest BCUT2D eigenvalue weighted by Gasteiger charge is 2.09. The van der Waals surface area contributed by atoms with E-state index >= 15 is 0 Å². The van der Waals surface area contributed by atoms with E-state index in [0.717, 1.165) is 17.4 Å². The van der Waals surface area contributed by atoms with Crippen LogP contribution in [0.2, 0.25) is 0 Å². The van der Waals surface area contributed by atoms with Crippen molar-refractivity contribution < 1.29 is 4.39 Å². The standard InChI is InChI=1S/C19H14FN/c1-2-13-5-9-18-16(11-13)8-10-17(19(18)20)15-6-3-14(12-21)4-7-15/h3-11H,2H2,1H3. The second-order valence-electron chi connectivity index (χ2n) is 5.03. The van der Waals surface area contributed by atoms with E-state index in [2.05, 4.69) is 13.0 Å². The molecule has 0 radical (unpaired) electrons. The van der Waals surface area contributed by atoms with Crippen LogP contribution in [0.4, 0.5) is 4.39 Å². The Hall–Kier alpha value is -2.66. The lowest BCUT2D eigenvalue weighted by Crippen LogP contribution is -1.89. The summed E-state index contributed by atoms with van der Waals surface area (Å²) in [6.45, 7) is 2.09. The summed E-state index contributed by atoms with van der Waals surface area (Å²) in [7, 11) is 0. The number of fused-ring (bicyclic) bond motifs is 1. The molecule has 0 spiro atoms. The number of nitriles is 1. The molecule has 2 heteroatoms. The summed E-state index contributed by atoms with van der Waals surface area (Å²) in [5.41, 5.74) is 3.13. The first-order valence-electron chi connectivity index (χ1n) is 6.94. The zero-order chi connectivity index (χ0) is 14.8. The molecule has 0 heterocycles. The molecule has 0 aliphatic rings. The predicted molar refractivity (Wildman–Crippen MR) is 83.4 cm³/mol. The molecule has 0 bridgehead atoms. The number of nitrogens with zero attached hydrogens (tertiary/aromatic N) is 1. The molecule has 0 saturated carbocycles. The number of hydrogen-bond acceptors (Lipinski definition) is 1. The fourth-order valence-corrected chi connectivity index (χ4v) is 2.51. The SMILES string of the molecule is CCc1ccc2c(F)c(-c3ccc(C#N)cc3)ccc2c1. The molecule has 0 unspecified atom stereocenters. The molecule has 3 aromatic rings. The van der Waals surface area contributed by atoms with Gasteiger partial charge in [0.2, 0.25) is 0 Å². The highest BCUT2D eigenvalue weighted by molar-refractivity contribution is 5.88. The summed E-state index contributed by atoms with van der Waals surface area (Å²) in [4.78, 5) is 0. The lowest BCUT2D eigenvalue weighted by Gasteiger charge is -2.08. The van der Waals surface area contributed by atoms with Crippen LogP contribution < -0.4 is 0 Å². The number of rotatable bonds is 2. The van der Waals surface area contributed by atoms with Crippen LogP contribution in [0.25, 0.3) is 21.9 Å². The van der Waals surface area contributed by atoms with Crippen molar-refractivity contribution in [3.8, 4) is 17.2 Å². The fourth-order valence-electron chi connectivity index (χ4n) is 2.51. The van der Waals surface area contributed by atoms with E-state index in [0.29, 0.717) is 16.5 Å². The maximum atomic E-state index is 14.7. The van der Waals surface area contributed by atoms with Crippen molar-refractivity contribution in [3.63, 3.8) is 0 Å². The van der Waals surface area contributed by atoms with Crippen LogP contribution in [0, 0.1) is 17.1 Å². The molecule has 0 fully saturated rings. The molecule has 0 atom stereocenters. The third kappa shape index (κ3) is 2.39. The summed E-state index contributed by atoms with van der Waals surface area (Å²) in [6.07, 6.45) is 0.939. The summed E-state index contributed by atoms with van der Waals surface area (Å²) in [5, 5.41) is 10.4. The molecular formula is C19H14FN. The minimum Gasteiger partial charge on any atom is -0.206 e. The van der Waals surface area contributed by atoms with Crippen molar-refractivity contribution in [1.29, 1.82) is 5.26 Å². The first kappa shape index (κ1) is 13.3. The van der Waals surface area contributed by atoms with Gasteiger partial charge < -0.3 is 0 Å². The lowest BCUT2D eigenvalue weighted by atomic mass is 9.98. The Balaban J connectivity index is 2.15. The van der Waals surface area contributed by atoms with Crippen LogP contribution in [0.3, 0.4) is 0 Å². The van der Waals surface area contributed by atoms with Crippen LogP contribution >= 0.6 is 0 Å². The minimum absolute atomic E-state index is 0.208. The van der Waals surface area contributed by atoms with Crippen molar-refractivity contribution in [2.45, 2.75) is 13.3 Å². The molecular weight excluding hydrogens is 261 g/mol. The van der Waals surface area contributed by atoms with Crippen molar-refractivity contribution in [2.75, 3.05) is 0 Å². The summed E-state index contributed by atoms with van der Waals surface area (Å²) in [5.74, 6) is -0.208. The molecule has 3 rings (SSSR count). The van der Waals surface area contributed by atoms with Crippen LogP contribution in [0.1, 0.15) is 18.1 Å². The topological polar surface area (TPSA) is 23.8 Å². The zero-order valence-electron chi connectivity index (χ0n) is 11.7. The predicted octanol–water partition coefficient (Wildman–Crippen LogP) is 5.08. The number of benzene rings is 3. The van der Waals surface area contributed by atoms with Gasteiger partial charge >= 0.3 is 0 Å². The van der Waals surface area contributed by atoms with Crippen molar-refractivity contribution in [2.24, 2.45) is 0 Å². The van der Waals surface area contributed by atoms with Crippen molar-refractivity contribution >= 4 is 10.8 Å². The van der Waals surface area contributed by atoms with Crippen molar-refractivity contribution in [3.05, 3.63) is 71.5 Å². The maximum Gasteiger partial charge on any atom is 0.138 e. The Morgan fingerprint density at radius 3 is 2.43 bits per heavy atom. The number of aryl methyl sites for hydroxylation is 1. The van der Waals surface area contributed by atoms with Crippen LogP contribution in [0.15, 0.2) is 54.6 Å². The summed E-state index contributed by atoms with van der Waals surface area (Å²) >= 11 is 0. The van der Waals surface area contributed by atoms with Gasteiger partial charge in [0, 0.05) is 10.9 Å². The smallest absolute Gasteiger partial charge is 0.138 e. The van der Waals surface area contributed by atoms with E-state index < -0.39 is 0 Å². The van der Waals surface area contributed by atoms with E-state index in [9.17, 15) is 4.39 Å². The molecule has 1 nitrogen and oxygen atoms in total. The third-order valence-electron chi connectivity index (χ3n) is 3.75. The maximum absolute atomic E-state index is 14.7. The van der Waals surface area contributed by atoms with Crippen LogP contribution in [-0.4, -0.2) is 0 Å². The Labute approximate surface area is 123 Å². The van der Waals surface area contributed by atoms with E-state index in [1.165, 1.54) is 5.56 Å². The van der Waals surface area contributed by atoms with Gasteiger partial charge in [0.1, 0.15) is 5.82 Å². The lowest BCUT2D eigenvalue weighted by molar-refractivity contribution is 0.643. The average molecular weight is 275 g/mol. The van der Waals surface area contributed by atoms with E-state index in [-0.39, 0.29) is 5.82 Å². The minimum atomic E-state index is -0.208. The van der Waals surface area contributed by atoms with Gasteiger partial charge in [-0.25, -0.2) is 4.39 Å².